The highest BCUT2D eigenvalue weighted by molar-refractivity contribution is 6.39. The van der Waals surface area contributed by atoms with Crippen molar-refractivity contribution in [3.05, 3.63) is 27.7 Å². The molecule has 1 aromatic carbocycles. The minimum absolute atomic E-state index is 0.0550. The van der Waals surface area contributed by atoms with Crippen LogP contribution in [-0.2, 0) is 0 Å². The number of benzene rings is 1. The van der Waals surface area contributed by atoms with Gasteiger partial charge in [0.15, 0.2) is 0 Å². The molecule has 5 N–H and O–H groups in total. The van der Waals surface area contributed by atoms with Crippen LogP contribution in [0.3, 0.4) is 0 Å². The number of aryl methyl sites for hydroxylation is 1. The standard InChI is InChI=1S/C8H10Cl2N4/c1-4-2-3-5(9)7(6(4)10)13-8(11)14-12/h2-3H,12H2,1H3,(H3,11,13,14). The highest BCUT2D eigenvalue weighted by Crippen LogP contribution is 2.35. The minimum Gasteiger partial charge on any atom is -0.369 e. The zero-order chi connectivity index (χ0) is 10.7. The molecule has 0 bridgehead atoms. The van der Waals surface area contributed by atoms with E-state index in [1.54, 1.807) is 12.1 Å². The van der Waals surface area contributed by atoms with Gasteiger partial charge in [0, 0.05) is 0 Å². The highest BCUT2D eigenvalue weighted by atomic mass is 35.5. The molecule has 0 aliphatic heterocycles. The van der Waals surface area contributed by atoms with Crippen molar-refractivity contribution in [2.24, 2.45) is 16.6 Å². The van der Waals surface area contributed by atoms with Gasteiger partial charge in [0.2, 0.25) is 5.96 Å². The van der Waals surface area contributed by atoms with Crippen molar-refractivity contribution in [3.63, 3.8) is 0 Å². The Kier molecular flexibility index (Phi) is 3.57. The van der Waals surface area contributed by atoms with Crippen molar-refractivity contribution in [1.82, 2.24) is 5.43 Å². The number of nitrogens with one attached hydrogen (secondary N) is 1. The number of nitrogens with two attached hydrogens (primary N) is 2. The Morgan fingerprint density at radius 3 is 2.64 bits per heavy atom. The van der Waals surface area contributed by atoms with Crippen molar-refractivity contribution in [2.45, 2.75) is 6.92 Å². The van der Waals surface area contributed by atoms with E-state index >= 15 is 0 Å². The van der Waals surface area contributed by atoms with E-state index < -0.39 is 0 Å². The lowest BCUT2D eigenvalue weighted by Crippen LogP contribution is -2.36. The quantitative estimate of drug-likeness (QED) is 0.299. The van der Waals surface area contributed by atoms with Gasteiger partial charge in [-0.3, -0.25) is 5.43 Å². The van der Waals surface area contributed by atoms with Gasteiger partial charge in [-0.25, -0.2) is 10.8 Å². The Labute approximate surface area is 91.9 Å². The van der Waals surface area contributed by atoms with Gasteiger partial charge in [-0.05, 0) is 18.6 Å². The predicted molar refractivity (Wildman–Crippen MR) is 59.8 cm³/mol. The van der Waals surface area contributed by atoms with Crippen LogP contribution in [0.1, 0.15) is 5.56 Å². The molecule has 1 rings (SSSR count). The maximum absolute atomic E-state index is 5.98. The van der Waals surface area contributed by atoms with E-state index in [-0.39, 0.29) is 5.96 Å². The first-order valence-corrected chi connectivity index (χ1v) is 4.57. The topological polar surface area (TPSA) is 76.4 Å². The Balaban J connectivity index is 3.26. The largest absolute Gasteiger partial charge is 0.369 e. The first-order chi connectivity index (χ1) is 6.56. The number of nitrogens with zero attached hydrogens (tertiary/aromatic N) is 1. The van der Waals surface area contributed by atoms with Crippen LogP contribution in [0.4, 0.5) is 5.69 Å². The second-order valence-electron chi connectivity index (χ2n) is 2.67. The van der Waals surface area contributed by atoms with Crippen molar-refractivity contribution in [3.8, 4) is 0 Å². The third-order valence-electron chi connectivity index (χ3n) is 1.64. The normalized spacial score (nSPS) is 11.6. The van der Waals surface area contributed by atoms with E-state index in [1.807, 2.05) is 6.92 Å². The molecule has 0 aliphatic carbocycles. The Morgan fingerprint density at radius 1 is 1.43 bits per heavy atom. The molecular formula is C8H10Cl2N4. The predicted octanol–water partition coefficient (Wildman–Crippen LogP) is 1.71. The number of rotatable bonds is 1. The number of hydrogen-bond acceptors (Lipinski definition) is 2. The summed E-state index contributed by atoms with van der Waals surface area (Å²) in [6, 6.07) is 3.50. The second-order valence-corrected chi connectivity index (χ2v) is 3.45. The van der Waals surface area contributed by atoms with E-state index in [9.17, 15) is 0 Å². The fraction of sp³-hybridized carbons (Fsp3) is 0.125. The first-order valence-electron chi connectivity index (χ1n) is 3.81. The molecule has 0 unspecified atom stereocenters. The number of guanidine groups is 1. The molecule has 76 valence electrons. The monoisotopic (exact) mass is 232 g/mol. The van der Waals surface area contributed by atoms with Gasteiger partial charge in [-0.2, -0.15) is 0 Å². The molecule has 0 heterocycles. The lowest BCUT2D eigenvalue weighted by Gasteiger charge is -2.05. The third kappa shape index (κ3) is 2.29. The first kappa shape index (κ1) is 11.1. The van der Waals surface area contributed by atoms with Gasteiger partial charge in [0.05, 0.1) is 10.0 Å². The summed E-state index contributed by atoms with van der Waals surface area (Å²) in [5, 5.41) is 0.898. The van der Waals surface area contributed by atoms with Gasteiger partial charge < -0.3 is 5.73 Å². The summed E-state index contributed by atoms with van der Waals surface area (Å²) < 4.78 is 0. The van der Waals surface area contributed by atoms with E-state index in [0.29, 0.717) is 15.7 Å². The summed E-state index contributed by atoms with van der Waals surface area (Å²) in [5.74, 6) is 5.12. The van der Waals surface area contributed by atoms with Crippen LogP contribution < -0.4 is 17.0 Å². The molecule has 0 saturated heterocycles. The summed E-state index contributed by atoms with van der Waals surface area (Å²) in [5.41, 5.74) is 8.88. The molecule has 0 saturated carbocycles. The summed E-state index contributed by atoms with van der Waals surface area (Å²) in [6.45, 7) is 1.85. The molecule has 0 aromatic heterocycles. The SMILES string of the molecule is Cc1ccc(Cl)c(N=C(N)NN)c1Cl. The van der Waals surface area contributed by atoms with Crippen molar-refractivity contribution in [2.75, 3.05) is 0 Å². The molecular weight excluding hydrogens is 223 g/mol. The Morgan fingerprint density at radius 2 is 2.07 bits per heavy atom. The lowest BCUT2D eigenvalue weighted by atomic mass is 10.2. The van der Waals surface area contributed by atoms with E-state index in [1.165, 1.54) is 0 Å². The minimum atomic E-state index is 0.0550. The summed E-state index contributed by atoms with van der Waals surface area (Å²) in [6.07, 6.45) is 0. The van der Waals surface area contributed by atoms with Crippen LogP contribution in [-0.4, -0.2) is 5.96 Å². The fourth-order valence-corrected chi connectivity index (χ4v) is 1.35. The average Bonchev–Trinajstić information content (AvgIpc) is 2.18. The molecule has 0 spiro atoms. The van der Waals surface area contributed by atoms with Gasteiger partial charge >= 0.3 is 0 Å². The highest BCUT2D eigenvalue weighted by Gasteiger charge is 2.07. The van der Waals surface area contributed by atoms with E-state index in [4.69, 9.17) is 34.8 Å². The average molecular weight is 233 g/mol. The number of halogens is 2. The van der Waals surface area contributed by atoms with Crippen molar-refractivity contribution >= 4 is 34.8 Å². The van der Waals surface area contributed by atoms with Crippen molar-refractivity contribution in [1.29, 1.82) is 0 Å². The Bertz CT molecular complexity index is 376. The maximum atomic E-state index is 5.98. The van der Waals surface area contributed by atoms with Crippen LogP contribution in [0, 0.1) is 6.92 Å². The van der Waals surface area contributed by atoms with Gasteiger partial charge in [-0.15, -0.1) is 0 Å². The Hall–Kier alpha value is -0.970. The molecule has 0 aliphatic rings. The number of hydrazine groups is 1. The van der Waals surface area contributed by atoms with Gasteiger partial charge in [0.25, 0.3) is 0 Å². The lowest BCUT2D eigenvalue weighted by molar-refractivity contribution is 1.01. The third-order valence-corrected chi connectivity index (χ3v) is 2.42. The fourth-order valence-electron chi connectivity index (χ4n) is 0.897. The van der Waals surface area contributed by atoms with Crippen LogP contribution >= 0.6 is 23.2 Å². The van der Waals surface area contributed by atoms with E-state index in [2.05, 4.69) is 10.4 Å². The van der Waals surface area contributed by atoms with Gasteiger partial charge in [-0.1, -0.05) is 29.3 Å². The van der Waals surface area contributed by atoms with Crippen LogP contribution in [0.25, 0.3) is 0 Å². The van der Waals surface area contributed by atoms with Gasteiger partial charge in [0.1, 0.15) is 5.69 Å². The summed E-state index contributed by atoms with van der Waals surface area (Å²) in [4.78, 5) is 3.93. The van der Waals surface area contributed by atoms with E-state index in [0.717, 1.165) is 5.56 Å². The summed E-state index contributed by atoms with van der Waals surface area (Å²) >= 11 is 11.9. The molecule has 6 heteroatoms. The number of hydrogen-bond donors (Lipinski definition) is 3. The maximum Gasteiger partial charge on any atom is 0.208 e. The second kappa shape index (κ2) is 4.50. The smallest absolute Gasteiger partial charge is 0.208 e. The van der Waals surface area contributed by atoms with Crippen LogP contribution in [0.15, 0.2) is 17.1 Å². The molecule has 0 amide bonds. The van der Waals surface area contributed by atoms with Crippen LogP contribution in [0.2, 0.25) is 10.0 Å². The molecule has 14 heavy (non-hydrogen) atoms. The summed E-state index contributed by atoms with van der Waals surface area (Å²) in [7, 11) is 0. The van der Waals surface area contributed by atoms with Crippen LogP contribution in [0.5, 0.6) is 0 Å². The molecule has 0 atom stereocenters. The zero-order valence-corrected chi connectivity index (χ0v) is 9.02. The molecule has 1 aromatic rings. The number of aliphatic imine (C=N–C) groups is 1. The van der Waals surface area contributed by atoms with Crippen molar-refractivity contribution < 1.29 is 0 Å². The zero-order valence-electron chi connectivity index (χ0n) is 7.51. The molecule has 4 nitrogen and oxygen atoms in total. The molecule has 0 radical (unpaired) electrons. The molecule has 0 fully saturated rings.